The van der Waals surface area contributed by atoms with Crippen molar-refractivity contribution in [3.63, 3.8) is 0 Å². The first kappa shape index (κ1) is 18.3. The molecule has 0 amide bonds. The predicted octanol–water partition coefficient (Wildman–Crippen LogP) is 3.32. The van der Waals surface area contributed by atoms with Crippen molar-refractivity contribution >= 4 is 23.2 Å². The van der Waals surface area contributed by atoms with E-state index < -0.39 is 11.7 Å². The quantitative estimate of drug-likeness (QED) is 0.855. The van der Waals surface area contributed by atoms with E-state index in [1.807, 2.05) is 6.92 Å². The summed E-state index contributed by atoms with van der Waals surface area (Å²) in [5, 5.41) is 12.1. The topological polar surface area (TPSA) is 69.2 Å². The fraction of sp³-hybridized carbons (Fsp3) is 0.231. The van der Waals surface area contributed by atoms with E-state index in [1.165, 1.54) is 12.3 Å². The van der Waals surface area contributed by atoms with Gasteiger partial charge < -0.3 is 5.73 Å². The average Bonchev–Trinajstić information content (AvgIpc) is 2.86. The summed E-state index contributed by atoms with van der Waals surface area (Å²) in [7, 11) is 0. The molecule has 118 valence electrons. The molecule has 0 bridgehead atoms. The number of halogens is 5. The molecule has 22 heavy (non-hydrogen) atoms. The monoisotopic (exact) mass is 351 g/mol. The van der Waals surface area contributed by atoms with Gasteiger partial charge >= 0.3 is 6.18 Å². The van der Waals surface area contributed by atoms with Crippen molar-refractivity contribution in [1.29, 1.82) is 5.26 Å². The van der Waals surface area contributed by atoms with Gasteiger partial charge in [0, 0.05) is 6.20 Å². The lowest BCUT2D eigenvalue weighted by atomic mass is 10.2. The second-order valence-electron chi connectivity index (χ2n) is 4.04. The second kappa shape index (κ2) is 7.49. The maximum Gasteiger partial charge on any atom is 0.416 e. The van der Waals surface area contributed by atoms with Crippen LogP contribution in [0.5, 0.6) is 0 Å². The number of benzene rings is 1. The van der Waals surface area contributed by atoms with Crippen LogP contribution < -0.4 is 5.73 Å². The molecule has 2 rings (SSSR count). The Morgan fingerprint density at radius 3 is 2.18 bits per heavy atom. The molecule has 0 saturated carbocycles. The van der Waals surface area contributed by atoms with E-state index in [4.69, 9.17) is 28.5 Å². The standard InChI is InChI=1S/C11H4Cl2F3N3.C2H7N/c12-8-3-6(11(14,15)16)4-9(13)10(8)19-2-1-7(5-17)18-19;1-2-3/h1-4H;2-3H2,1H3/p+1. The first-order valence-electron chi connectivity index (χ1n) is 6.06. The Kier molecular flexibility index (Phi) is 6.23. The highest BCUT2D eigenvalue weighted by Gasteiger charge is 2.32. The normalized spacial score (nSPS) is 10.6. The summed E-state index contributed by atoms with van der Waals surface area (Å²) in [6.45, 7) is 3.01. The van der Waals surface area contributed by atoms with Crippen molar-refractivity contribution in [3.05, 3.63) is 45.7 Å². The van der Waals surface area contributed by atoms with E-state index in [0.29, 0.717) is 0 Å². The number of rotatable bonds is 1. The minimum absolute atomic E-state index is 0.0952. The van der Waals surface area contributed by atoms with Crippen molar-refractivity contribution in [1.82, 2.24) is 9.78 Å². The molecule has 0 atom stereocenters. The van der Waals surface area contributed by atoms with E-state index in [0.717, 1.165) is 23.4 Å². The lowest BCUT2D eigenvalue weighted by Crippen LogP contribution is -2.48. The average molecular weight is 352 g/mol. The Hall–Kier alpha value is -1.75. The summed E-state index contributed by atoms with van der Waals surface area (Å²) >= 11 is 11.6. The van der Waals surface area contributed by atoms with Gasteiger partial charge in [-0.2, -0.15) is 23.5 Å². The van der Waals surface area contributed by atoms with Gasteiger partial charge in [0.1, 0.15) is 11.8 Å². The Labute approximate surface area is 134 Å². The molecule has 1 aromatic heterocycles. The molecule has 0 radical (unpaired) electrons. The number of hydrogen-bond acceptors (Lipinski definition) is 2. The molecular formula is C13H12Cl2F3N4+. The van der Waals surface area contributed by atoms with E-state index in [-0.39, 0.29) is 21.4 Å². The van der Waals surface area contributed by atoms with Gasteiger partial charge in [-0.15, -0.1) is 0 Å². The molecule has 3 N–H and O–H groups in total. The number of quaternary nitrogens is 1. The molecule has 0 fully saturated rings. The van der Waals surface area contributed by atoms with Crippen molar-refractivity contribution in [3.8, 4) is 11.8 Å². The summed E-state index contributed by atoms with van der Waals surface area (Å²) in [5.41, 5.74) is 2.74. The van der Waals surface area contributed by atoms with Crippen LogP contribution in [0.3, 0.4) is 0 Å². The highest BCUT2D eigenvalue weighted by Crippen LogP contribution is 2.37. The van der Waals surface area contributed by atoms with Crippen LogP contribution in [0.15, 0.2) is 24.4 Å². The number of hydrogen-bond donors (Lipinski definition) is 1. The summed E-state index contributed by atoms with van der Waals surface area (Å²) in [4.78, 5) is 0. The summed E-state index contributed by atoms with van der Waals surface area (Å²) in [5.74, 6) is 0. The maximum atomic E-state index is 12.6. The zero-order valence-electron chi connectivity index (χ0n) is 11.5. The van der Waals surface area contributed by atoms with Gasteiger partial charge in [-0.05, 0) is 25.1 Å². The number of aromatic nitrogens is 2. The molecule has 4 nitrogen and oxygen atoms in total. The van der Waals surface area contributed by atoms with Crippen molar-refractivity contribution in [2.45, 2.75) is 13.1 Å². The minimum Gasteiger partial charge on any atom is -0.358 e. The Bertz CT molecular complexity index is 666. The Morgan fingerprint density at radius 2 is 1.82 bits per heavy atom. The van der Waals surface area contributed by atoms with Crippen LogP contribution >= 0.6 is 23.2 Å². The van der Waals surface area contributed by atoms with Crippen molar-refractivity contribution < 1.29 is 18.9 Å². The second-order valence-corrected chi connectivity index (χ2v) is 4.86. The third-order valence-corrected chi connectivity index (χ3v) is 2.85. The zero-order valence-corrected chi connectivity index (χ0v) is 13.0. The van der Waals surface area contributed by atoms with Gasteiger partial charge in [0.25, 0.3) is 0 Å². The van der Waals surface area contributed by atoms with Crippen LogP contribution in [0.4, 0.5) is 13.2 Å². The summed E-state index contributed by atoms with van der Waals surface area (Å²) in [6, 6.07) is 4.71. The third-order valence-electron chi connectivity index (χ3n) is 2.28. The van der Waals surface area contributed by atoms with E-state index in [2.05, 4.69) is 10.8 Å². The molecule has 0 aliphatic rings. The molecule has 0 spiro atoms. The lowest BCUT2D eigenvalue weighted by Gasteiger charge is -2.12. The first-order chi connectivity index (χ1) is 10.2. The number of nitriles is 1. The highest BCUT2D eigenvalue weighted by molar-refractivity contribution is 6.37. The van der Waals surface area contributed by atoms with Crippen LogP contribution in [0.2, 0.25) is 10.0 Å². The van der Waals surface area contributed by atoms with Crippen LogP contribution in [-0.4, -0.2) is 16.3 Å². The SMILES string of the molecule is CC[NH3+].N#Cc1ccn(-c2c(Cl)cc(C(F)(F)F)cc2Cl)n1. The summed E-state index contributed by atoms with van der Waals surface area (Å²) in [6.07, 6.45) is -3.15. The van der Waals surface area contributed by atoms with Crippen LogP contribution in [0, 0.1) is 11.3 Å². The van der Waals surface area contributed by atoms with E-state index in [9.17, 15) is 13.2 Å². The fourth-order valence-electron chi connectivity index (χ4n) is 1.46. The Morgan fingerprint density at radius 1 is 1.32 bits per heavy atom. The van der Waals surface area contributed by atoms with Gasteiger partial charge in [-0.1, -0.05) is 23.2 Å². The van der Waals surface area contributed by atoms with Crippen molar-refractivity contribution in [2.24, 2.45) is 0 Å². The first-order valence-corrected chi connectivity index (χ1v) is 6.81. The van der Waals surface area contributed by atoms with E-state index >= 15 is 0 Å². The predicted molar refractivity (Wildman–Crippen MR) is 76.7 cm³/mol. The van der Waals surface area contributed by atoms with Gasteiger partial charge in [0.15, 0.2) is 5.69 Å². The largest absolute Gasteiger partial charge is 0.416 e. The number of alkyl halides is 3. The lowest BCUT2D eigenvalue weighted by molar-refractivity contribution is -0.361. The smallest absolute Gasteiger partial charge is 0.358 e. The van der Waals surface area contributed by atoms with Gasteiger partial charge in [0.05, 0.1) is 22.2 Å². The summed E-state index contributed by atoms with van der Waals surface area (Å²) < 4.78 is 38.8. The van der Waals surface area contributed by atoms with Gasteiger partial charge in [-0.25, -0.2) is 4.68 Å². The molecule has 9 heteroatoms. The zero-order chi connectivity index (χ0) is 16.9. The van der Waals surface area contributed by atoms with Gasteiger partial charge in [-0.3, -0.25) is 0 Å². The minimum atomic E-state index is -4.53. The van der Waals surface area contributed by atoms with Crippen molar-refractivity contribution in [2.75, 3.05) is 6.54 Å². The molecule has 0 saturated heterocycles. The van der Waals surface area contributed by atoms with Crippen LogP contribution in [0.25, 0.3) is 5.69 Å². The van der Waals surface area contributed by atoms with E-state index in [1.54, 1.807) is 6.07 Å². The molecule has 2 aromatic rings. The molecule has 0 aliphatic carbocycles. The van der Waals surface area contributed by atoms with Crippen LogP contribution in [0.1, 0.15) is 18.2 Å². The Balaban J connectivity index is 0.000000745. The van der Waals surface area contributed by atoms with Gasteiger partial charge in [0.2, 0.25) is 0 Å². The molecule has 1 heterocycles. The highest BCUT2D eigenvalue weighted by atomic mass is 35.5. The fourth-order valence-corrected chi connectivity index (χ4v) is 2.12. The molecular weight excluding hydrogens is 340 g/mol. The molecule has 0 unspecified atom stereocenters. The molecule has 1 aromatic carbocycles. The maximum absolute atomic E-state index is 12.6. The molecule has 0 aliphatic heterocycles. The third kappa shape index (κ3) is 4.37. The number of nitrogens with zero attached hydrogens (tertiary/aromatic N) is 3. The van der Waals surface area contributed by atoms with Crippen LogP contribution in [-0.2, 0) is 6.18 Å².